The van der Waals surface area contributed by atoms with Crippen molar-refractivity contribution in [1.82, 2.24) is 4.98 Å². The van der Waals surface area contributed by atoms with E-state index in [1.54, 1.807) is 0 Å². The Morgan fingerprint density at radius 2 is 1.50 bits per heavy atom. The van der Waals surface area contributed by atoms with Crippen LogP contribution < -0.4 is 0 Å². The van der Waals surface area contributed by atoms with E-state index in [0.29, 0.717) is 5.92 Å². The third-order valence-corrected chi connectivity index (χ3v) is 4.05. The largest absolute Gasteiger partial charge is 0.256 e. The third kappa shape index (κ3) is 2.80. The van der Waals surface area contributed by atoms with E-state index in [1.165, 1.54) is 27.8 Å². The van der Waals surface area contributed by atoms with Gasteiger partial charge in [-0.15, -0.1) is 0 Å². The van der Waals surface area contributed by atoms with Gasteiger partial charge in [0.15, 0.2) is 0 Å². The predicted octanol–water partition coefficient (Wildman–Crippen LogP) is 5.85. The summed E-state index contributed by atoms with van der Waals surface area (Å²) < 4.78 is 0. The monoisotopic (exact) mass is 287 g/mol. The normalized spacial score (nSPS) is 10.9. The molecule has 0 bridgehead atoms. The molecule has 0 aliphatic heterocycles. The number of nitrogens with zero attached hydrogens (tertiary/aromatic N) is 1. The summed E-state index contributed by atoms with van der Waals surface area (Å²) in [6.07, 6.45) is 2.00. The smallest absolute Gasteiger partial charge is 0.0707 e. The Labute approximate surface area is 132 Å². The van der Waals surface area contributed by atoms with Gasteiger partial charge in [0.2, 0.25) is 0 Å². The van der Waals surface area contributed by atoms with Gasteiger partial charge in [-0.1, -0.05) is 68.4 Å². The molecule has 110 valence electrons. The van der Waals surface area contributed by atoms with Crippen LogP contribution in [0.4, 0.5) is 0 Å². The average Bonchev–Trinajstić information content (AvgIpc) is 2.55. The summed E-state index contributed by atoms with van der Waals surface area (Å²) in [5, 5.41) is 0. The summed E-state index contributed by atoms with van der Waals surface area (Å²) in [6.45, 7) is 6.61. The molecule has 0 spiro atoms. The van der Waals surface area contributed by atoms with E-state index in [2.05, 4.69) is 75.4 Å². The van der Waals surface area contributed by atoms with Crippen LogP contribution in [0.3, 0.4) is 0 Å². The van der Waals surface area contributed by atoms with Gasteiger partial charge in [0.25, 0.3) is 0 Å². The molecule has 1 aromatic heterocycles. The quantitative estimate of drug-likeness (QED) is 0.589. The van der Waals surface area contributed by atoms with Crippen LogP contribution in [-0.2, 0) is 0 Å². The highest BCUT2D eigenvalue weighted by atomic mass is 14.7. The fraction of sp³-hybridized carbons (Fsp3) is 0.190. The Kier molecular flexibility index (Phi) is 4.06. The van der Waals surface area contributed by atoms with Crippen LogP contribution in [0.5, 0.6) is 0 Å². The lowest BCUT2D eigenvalue weighted by atomic mass is 9.93. The van der Waals surface area contributed by atoms with Crippen molar-refractivity contribution in [2.75, 3.05) is 0 Å². The van der Waals surface area contributed by atoms with E-state index in [4.69, 9.17) is 4.98 Å². The number of hydrogen-bond donors (Lipinski definition) is 0. The van der Waals surface area contributed by atoms with Crippen molar-refractivity contribution in [2.45, 2.75) is 26.7 Å². The highest BCUT2D eigenvalue weighted by molar-refractivity contribution is 5.71. The average molecular weight is 287 g/mol. The molecule has 1 heterocycles. The summed E-state index contributed by atoms with van der Waals surface area (Å²) in [5.41, 5.74) is 7.32. The van der Waals surface area contributed by atoms with E-state index in [1.807, 2.05) is 12.3 Å². The van der Waals surface area contributed by atoms with Crippen LogP contribution in [0.1, 0.15) is 30.9 Å². The van der Waals surface area contributed by atoms with E-state index in [-0.39, 0.29) is 0 Å². The second-order valence-electron chi connectivity index (χ2n) is 5.99. The van der Waals surface area contributed by atoms with Crippen molar-refractivity contribution in [3.8, 4) is 22.4 Å². The minimum Gasteiger partial charge on any atom is -0.256 e. The molecule has 0 radical (unpaired) electrons. The second-order valence-corrected chi connectivity index (χ2v) is 5.99. The molecule has 0 aliphatic carbocycles. The first-order chi connectivity index (χ1) is 10.7. The minimum atomic E-state index is 0.493. The molecule has 3 rings (SSSR count). The molecule has 2 aromatic carbocycles. The molecule has 22 heavy (non-hydrogen) atoms. The van der Waals surface area contributed by atoms with Crippen LogP contribution in [0.2, 0.25) is 0 Å². The van der Waals surface area contributed by atoms with E-state index in [0.717, 1.165) is 5.69 Å². The number of pyridine rings is 1. The standard InChI is InChI=1S/C21H21N/c1-15(2)18-11-7-8-12-19(18)21-13-16(3)20(14-22-21)17-9-5-4-6-10-17/h4-15H,1-3H3. The van der Waals surface area contributed by atoms with Gasteiger partial charge >= 0.3 is 0 Å². The van der Waals surface area contributed by atoms with Crippen molar-refractivity contribution in [1.29, 1.82) is 0 Å². The maximum Gasteiger partial charge on any atom is 0.0707 e. The van der Waals surface area contributed by atoms with Gasteiger partial charge < -0.3 is 0 Å². The number of rotatable bonds is 3. The fourth-order valence-electron chi connectivity index (χ4n) is 2.86. The van der Waals surface area contributed by atoms with Gasteiger partial charge in [-0.25, -0.2) is 0 Å². The summed E-state index contributed by atoms with van der Waals surface area (Å²) in [7, 11) is 0. The van der Waals surface area contributed by atoms with Gasteiger partial charge in [0.1, 0.15) is 0 Å². The Morgan fingerprint density at radius 3 is 2.18 bits per heavy atom. The summed E-state index contributed by atoms with van der Waals surface area (Å²) in [6, 6.07) is 21.2. The summed E-state index contributed by atoms with van der Waals surface area (Å²) >= 11 is 0. The molecule has 0 saturated heterocycles. The molecule has 0 atom stereocenters. The van der Waals surface area contributed by atoms with Gasteiger partial charge in [-0.2, -0.15) is 0 Å². The van der Waals surface area contributed by atoms with Crippen molar-refractivity contribution in [3.63, 3.8) is 0 Å². The molecule has 0 saturated carbocycles. The van der Waals surface area contributed by atoms with Crippen LogP contribution >= 0.6 is 0 Å². The topological polar surface area (TPSA) is 12.9 Å². The zero-order valence-electron chi connectivity index (χ0n) is 13.4. The van der Waals surface area contributed by atoms with Crippen molar-refractivity contribution < 1.29 is 0 Å². The van der Waals surface area contributed by atoms with E-state index < -0.39 is 0 Å². The number of benzene rings is 2. The van der Waals surface area contributed by atoms with Crippen molar-refractivity contribution in [3.05, 3.63) is 78.0 Å². The third-order valence-electron chi connectivity index (χ3n) is 4.05. The second kappa shape index (κ2) is 6.15. The highest BCUT2D eigenvalue weighted by Gasteiger charge is 2.11. The molecular formula is C21H21N. The first-order valence-electron chi connectivity index (χ1n) is 7.78. The van der Waals surface area contributed by atoms with Gasteiger partial charge in [-0.3, -0.25) is 4.98 Å². The summed E-state index contributed by atoms with van der Waals surface area (Å²) in [5.74, 6) is 0.493. The highest BCUT2D eigenvalue weighted by Crippen LogP contribution is 2.30. The maximum atomic E-state index is 4.73. The van der Waals surface area contributed by atoms with Crippen LogP contribution in [0.25, 0.3) is 22.4 Å². The Bertz CT molecular complexity index is 773. The van der Waals surface area contributed by atoms with Crippen LogP contribution in [-0.4, -0.2) is 4.98 Å². The zero-order valence-corrected chi connectivity index (χ0v) is 13.4. The molecule has 0 unspecified atom stereocenters. The molecular weight excluding hydrogens is 266 g/mol. The van der Waals surface area contributed by atoms with E-state index >= 15 is 0 Å². The zero-order chi connectivity index (χ0) is 15.5. The molecule has 0 fully saturated rings. The first kappa shape index (κ1) is 14.5. The lowest BCUT2D eigenvalue weighted by Crippen LogP contribution is -1.95. The fourth-order valence-corrected chi connectivity index (χ4v) is 2.86. The van der Waals surface area contributed by atoms with Gasteiger partial charge in [0, 0.05) is 17.3 Å². The van der Waals surface area contributed by atoms with Gasteiger partial charge in [-0.05, 0) is 35.6 Å². The SMILES string of the molecule is Cc1cc(-c2ccccc2C(C)C)ncc1-c1ccccc1. The molecule has 0 aliphatic rings. The molecule has 3 aromatic rings. The molecule has 0 amide bonds. The Morgan fingerprint density at radius 1 is 0.818 bits per heavy atom. The molecule has 1 heteroatoms. The lowest BCUT2D eigenvalue weighted by molar-refractivity contribution is 0.868. The lowest BCUT2D eigenvalue weighted by Gasteiger charge is -2.14. The number of aryl methyl sites for hydroxylation is 1. The minimum absolute atomic E-state index is 0.493. The maximum absolute atomic E-state index is 4.73. The molecule has 1 nitrogen and oxygen atoms in total. The number of hydrogen-bond acceptors (Lipinski definition) is 1. The predicted molar refractivity (Wildman–Crippen MR) is 93.9 cm³/mol. The number of aromatic nitrogens is 1. The van der Waals surface area contributed by atoms with E-state index in [9.17, 15) is 0 Å². The van der Waals surface area contributed by atoms with Crippen LogP contribution in [0, 0.1) is 6.92 Å². The van der Waals surface area contributed by atoms with Gasteiger partial charge in [0.05, 0.1) is 5.69 Å². The van der Waals surface area contributed by atoms with Crippen molar-refractivity contribution >= 4 is 0 Å². The Hall–Kier alpha value is -2.41. The van der Waals surface area contributed by atoms with Crippen molar-refractivity contribution in [2.24, 2.45) is 0 Å². The summed E-state index contributed by atoms with van der Waals surface area (Å²) in [4.78, 5) is 4.73. The Balaban J connectivity index is 2.07. The van der Waals surface area contributed by atoms with Crippen LogP contribution in [0.15, 0.2) is 66.9 Å². The first-order valence-corrected chi connectivity index (χ1v) is 7.78. The molecule has 0 N–H and O–H groups in total.